The lowest BCUT2D eigenvalue weighted by Crippen LogP contribution is -2.15. The number of benzene rings is 1. The molecule has 1 aromatic heterocycles. The lowest BCUT2D eigenvalue weighted by atomic mass is 10.0. The van der Waals surface area contributed by atoms with Gasteiger partial charge in [0.25, 0.3) is 6.29 Å². The SMILES string of the molecule is CC(=O)OC(OC(C)=O)c1ccc(C(=O)c2cccnc2)cc1. The predicted molar refractivity (Wildman–Crippen MR) is 80.4 cm³/mol. The van der Waals surface area contributed by atoms with E-state index in [2.05, 4.69) is 4.98 Å². The molecule has 0 saturated carbocycles. The molecule has 0 aliphatic carbocycles. The van der Waals surface area contributed by atoms with Crippen molar-refractivity contribution in [2.75, 3.05) is 0 Å². The Bertz CT molecular complexity index is 694. The zero-order chi connectivity index (χ0) is 16.8. The van der Waals surface area contributed by atoms with Crippen molar-refractivity contribution in [1.29, 1.82) is 0 Å². The smallest absolute Gasteiger partial charge is 0.305 e. The van der Waals surface area contributed by atoms with Crippen LogP contribution in [0, 0.1) is 0 Å². The molecule has 0 bridgehead atoms. The van der Waals surface area contributed by atoms with Gasteiger partial charge in [0.2, 0.25) is 0 Å². The summed E-state index contributed by atoms with van der Waals surface area (Å²) in [6, 6.07) is 9.64. The van der Waals surface area contributed by atoms with Crippen LogP contribution in [0.25, 0.3) is 0 Å². The fourth-order valence-electron chi connectivity index (χ4n) is 1.92. The number of carbonyl (C=O) groups is 3. The lowest BCUT2D eigenvalue weighted by Gasteiger charge is -2.17. The molecule has 0 aliphatic rings. The van der Waals surface area contributed by atoms with Gasteiger partial charge in [0, 0.05) is 42.9 Å². The Balaban J connectivity index is 2.21. The molecule has 0 spiro atoms. The monoisotopic (exact) mass is 313 g/mol. The zero-order valence-corrected chi connectivity index (χ0v) is 12.7. The van der Waals surface area contributed by atoms with E-state index in [0.717, 1.165) is 0 Å². The van der Waals surface area contributed by atoms with Gasteiger partial charge in [-0.2, -0.15) is 0 Å². The van der Waals surface area contributed by atoms with Gasteiger partial charge in [-0.05, 0) is 12.1 Å². The molecule has 0 fully saturated rings. The molecular formula is C17H15NO5. The summed E-state index contributed by atoms with van der Waals surface area (Å²) in [6.45, 7) is 2.44. The molecule has 0 amide bonds. The molecular weight excluding hydrogens is 298 g/mol. The predicted octanol–water partition coefficient (Wildman–Crippen LogP) is 2.44. The van der Waals surface area contributed by atoms with Crippen molar-refractivity contribution < 1.29 is 23.9 Å². The summed E-state index contributed by atoms with van der Waals surface area (Å²) in [4.78, 5) is 38.4. The van der Waals surface area contributed by atoms with E-state index in [9.17, 15) is 14.4 Å². The van der Waals surface area contributed by atoms with Crippen LogP contribution in [0.4, 0.5) is 0 Å². The van der Waals surface area contributed by atoms with Crippen LogP contribution in [0.2, 0.25) is 0 Å². The second-order valence-corrected chi connectivity index (χ2v) is 4.74. The van der Waals surface area contributed by atoms with Crippen molar-refractivity contribution in [2.45, 2.75) is 20.1 Å². The summed E-state index contributed by atoms with van der Waals surface area (Å²) in [5.41, 5.74) is 1.38. The third-order valence-electron chi connectivity index (χ3n) is 2.91. The van der Waals surface area contributed by atoms with Crippen molar-refractivity contribution in [3.8, 4) is 0 Å². The largest absolute Gasteiger partial charge is 0.421 e. The first-order valence-corrected chi connectivity index (χ1v) is 6.86. The molecule has 1 aromatic carbocycles. The van der Waals surface area contributed by atoms with Gasteiger partial charge >= 0.3 is 11.9 Å². The van der Waals surface area contributed by atoms with E-state index in [-0.39, 0.29) is 5.78 Å². The number of rotatable bonds is 5. The second-order valence-electron chi connectivity index (χ2n) is 4.74. The number of hydrogen-bond acceptors (Lipinski definition) is 6. The Morgan fingerprint density at radius 3 is 2.00 bits per heavy atom. The second kappa shape index (κ2) is 7.31. The van der Waals surface area contributed by atoms with E-state index in [1.54, 1.807) is 42.6 Å². The Morgan fingerprint density at radius 2 is 1.52 bits per heavy atom. The fourth-order valence-corrected chi connectivity index (χ4v) is 1.92. The molecule has 6 heteroatoms. The third-order valence-corrected chi connectivity index (χ3v) is 2.91. The van der Waals surface area contributed by atoms with Crippen molar-refractivity contribution >= 4 is 17.7 Å². The number of pyridine rings is 1. The van der Waals surface area contributed by atoms with Crippen molar-refractivity contribution in [1.82, 2.24) is 4.98 Å². The highest BCUT2D eigenvalue weighted by Gasteiger charge is 2.18. The molecule has 0 atom stereocenters. The van der Waals surface area contributed by atoms with E-state index in [1.807, 2.05) is 0 Å². The van der Waals surface area contributed by atoms with Crippen LogP contribution >= 0.6 is 0 Å². The maximum Gasteiger partial charge on any atom is 0.305 e. The highest BCUT2D eigenvalue weighted by molar-refractivity contribution is 6.08. The molecule has 2 rings (SSSR count). The molecule has 1 heterocycles. The molecule has 6 nitrogen and oxygen atoms in total. The van der Waals surface area contributed by atoms with Crippen molar-refractivity contribution in [3.05, 3.63) is 65.5 Å². The highest BCUT2D eigenvalue weighted by atomic mass is 16.7. The van der Waals surface area contributed by atoms with Gasteiger partial charge in [0.05, 0.1) is 0 Å². The topological polar surface area (TPSA) is 82.6 Å². The summed E-state index contributed by atoms with van der Waals surface area (Å²) in [6.07, 6.45) is 1.94. The summed E-state index contributed by atoms with van der Waals surface area (Å²) < 4.78 is 9.91. The van der Waals surface area contributed by atoms with Gasteiger partial charge in [-0.25, -0.2) is 0 Å². The Kier molecular flexibility index (Phi) is 5.19. The van der Waals surface area contributed by atoms with Gasteiger partial charge in [-0.1, -0.05) is 24.3 Å². The minimum absolute atomic E-state index is 0.179. The molecule has 2 aromatic rings. The van der Waals surface area contributed by atoms with Gasteiger partial charge < -0.3 is 9.47 Å². The van der Waals surface area contributed by atoms with E-state index >= 15 is 0 Å². The quantitative estimate of drug-likeness (QED) is 0.479. The first-order valence-electron chi connectivity index (χ1n) is 6.86. The van der Waals surface area contributed by atoms with Crippen LogP contribution in [0.15, 0.2) is 48.8 Å². The van der Waals surface area contributed by atoms with Crippen LogP contribution in [0.1, 0.15) is 41.6 Å². The van der Waals surface area contributed by atoms with E-state index in [4.69, 9.17) is 9.47 Å². The third kappa shape index (κ3) is 4.47. The summed E-state index contributed by atoms with van der Waals surface area (Å²) in [5, 5.41) is 0. The number of ether oxygens (including phenoxy) is 2. The summed E-state index contributed by atoms with van der Waals surface area (Å²) in [5.74, 6) is -1.33. The van der Waals surface area contributed by atoms with Crippen LogP contribution < -0.4 is 0 Å². The molecule has 0 N–H and O–H groups in total. The average Bonchev–Trinajstić information content (AvgIpc) is 2.54. The molecule has 0 radical (unpaired) electrons. The number of esters is 2. The Hall–Kier alpha value is -3.02. The fraction of sp³-hybridized carbons (Fsp3) is 0.176. The van der Waals surface area contributed by atoms with Crippen molar-refractivity contribution in [3.63, 3.8) is 0 Å². The number of carbonyl (C=O) groups excluding carboxylic acids is 3. The van der Waals surface area contributed by atoms with Crippen molar-refractivity contribution in [2.24, 2.45) is 0 Å². The highest BCUT2D eigenvalue weighted by Crippen LogP contribution is 2.21. The lowest BCUT2D eigenvalue weighted by molar-refractivity contribution is -0.186. The maximum absolute atomic E-state index is 12.3. The molecule has 0 saturated heterocycles. The maximum atomic E-state index is 12.3. The van der Waals surface area contributed by atoms with E-state index in [0.29, 0.717) is 16.7 Å². The van der Waals surface area contributed by atoms with E-state index in [1.165, 1.54) is 20.0 Å². The molecule has 0 aliphatic heterocycles. The summed E-state index contributed by atoms with van der Waals surface area (Å²) in [7, 11) is 0. The van der Waals surface area contributed by atoms with Gasteiger partial charge in [-0.3, -0.25) is 19.4 Å². The van der Waals surface area contributed by atoms with Crippen LogP contribution in [0.5, 0.6) is 0 Å². The number of ketones is 1. The van der Waals surface area contributed by atoms with Crippen LogP contribution in [0.3, 0.4) is 0 Å². The molecule has 118 valence electrons. The van der Waals surface area contributed by atoms with Crippen LogP contribution in [-0.2, 0) is 19.1 Å². The number of hydrogen-bond donors (Lipinski definition) is 0. The molecule has 23 heavy (non-hydrogen) atoms. The van der Waals surface area contributed by atoms with Gasteiger partial charge in [0.1, 0.15) is 0 Å². The standard InChI is InChI=1S/C17H15NO5/c1-11(19)22-17(23-12(2)20)14-7-5-13(6-8-14)16(21)15-4-3-9-18-10-15/h3-10,17H,1-2H3. The number of aromatic nitrogens is 1. The zero-order valence-electron chi connectivity index (χ0n) is 12.7. The number of nitrogens with zero attached hydrogens (tertiary/aromatic N) is 1. The Morgan fingerprint density at radius 1 is 0.913 bits per heavy atom. The first kappa shape index (κ1) is 16.4. The Labute approximate surface area is 133 Å². The average molecular weight is 313 g/mol. The summed E-state index contributed by atoms with van der Waals surface area (Å²) >= 11 is 0. The van der Waals surface area contributed by atoms with Gasteiger partial charge in [-0.15, -0.1) is 0 Å². The minimum atomic E-state index is -1.13. The normalized spacial score (nSPS) is 10.2. The first-order chi connectivity index (χ1) is 11.0. The minimum Gasteiger partial charge on any atom is -0.421 e. The molecule has 0 unspecified atom stereocenters. The van der Waals surface area contributed by atoms with Crippen LogP contribution in [-0.4, -0.2) is 22.7 Å². The van der Waals surface area contributed by atoms with Gasteiger partial charge in [0.15, 0.2) is 5.78 Å². The van der Waals surface area contributed by atoms with E-state index < -0.39 is 18.2 Å².